The summed E-state index contributed by atoms with van der Waals surface area (Å²) in [6.07, 6.45) is 1.74. The molecule has 5 nitrogen and oxygen atoms in total. The van der Waals surface area contributed by atoms with Crippen LogP contribution in [0, 0.1) is 18.8 Å². The highest BCUT2D eigenvalue weighted by Gasteiger charge is 2.32. The highest BCUT2D eigenvalue weighted by Crippen LogP contribution is 2.24. The van der Waals surface area contributed by atoms with Gasteiger partial charge in [-0.15, -0.1) is 0 Å². The molecule has 1 atom stereocenters. The van der Waals surface area contributed by atoms with Crippen molar-refractivity contribution in [3.63, 3.8) is 0 Å². The molecule has 1 N–H and O–H groups in total. The first-order valence-electron chi connectivity index (χ1n) is 11.3. The minimum Gasteiger partial charge on any atom is -0.341 e. The molecule has 0 spiro atoms. The van der Waals surface area contributed by atoms with Crippen molar-refractivity contribution in [3.8, 4) is 0 Å². The van der Waals surface area contributed by atoms with E-state index in [0.29, 0.717) is 37.4 Å². The van der Waals surface area contributed by atoms with Gasteiger partial charge in [-0.3, -0.25) is 14.4 Å². The van der Waals surface area contributed by atoms with E-state index in [0.717, 1.165) is 11.1 Å². The molecule has 1 aliphatic rings. The molecule has 0 aliphatic carbocycles. The molecule has 2 aromatic carbocycles. The first-order chi connectivity index (χ1) is 15.7. The van der Waals surface area contributed by atoms with E-state index in [1.807, 2.05) is 45.0 Å². The van der Waals surface area contributed by atoms with Crippen molar-refractivity contribution >= 4 is 40.8 Å². The van der Waals surface area contributed by atoms with Crippen LogP contribution in [0.25, 0.3) is 0 Å². The number of benzene rings is 2. The van der Waals surface area contributed by atoms with Crippen molar-refractivity contribution in [2.75, 3.05) is 13.1 Å². The van der Waals surface area contributed by atoms with Crippen LogP contribution >= 0.6 is 23.2 Å². The van der Waals surface area contributed by atoms with Gasteiger partial charge in [0.1, 0.15) is 6.04 Å². The zero-order valence-electron chi connectivity index (χ0n) is 19.2. The molecule has 176 valence electrons. The van der Waals surface area contributed by atoms with E-state index in [9.17, 15) is 14.4 Å². The summed E-state index contributed by atoms with van der Waals surface area (Å²) in [5.74, 6) is -0.279. The number of carbonyl (C=O) groups excluding carboxylic acids is 3. The molecule has 1 aliphatic heterocycles. The Bertz CT molecular complexity index is 1010. The summed E-state index contributed by atoms with van der Waals surface area (Å²) in [6, 6.07) is 11.6. The van der Waals surface area contributed by atoms with Gasteiger partial charge in [0.05, 0.1) is 10.6 Å². The molecule has 0 saturated carbocycles. The Kier molecular flexibility index (Phi) is 8.55. The quantitative estimate of drug-likeness (QED) is 0.518. The smallest absolute Gasteiger partial charge is 0.253 e. The van der Waals surface area contributed by atoms with E-state index in [1.165, 1.54) is 6.07 Å². The molecule has 7 heteroatoms. The van der Waals surface area contributed by atoms with Gasteiger partial charge in [0.15, 0.2) is 5.78 Å². The Morgan fingerprint density at radius 2 is 1.67 bits per heavy atom. The van der Waals surface area contributed by atoms with Crippen LogP contribution in [-0.4, -0.2) is 41.6 Å². The van der Waals surface area contributed by atoms with Gasteiger partial charge in [0, 0.05) is 29.6 Å². The number of amides is 2. The zero-order chi connectivity index (χ0) is 24.1. The monoisotopic (exact) mass is 488 g/mol. The second-order valence-corrected chi connectivity index (χ2v) is 9.95. The predicted molar refractivity (Wildman–Crippen MR) is 132 cm³/mol. The largest absolute Gasteiger partial charge is 0.341 e. The molecule has 3 rings (SSSR count). The fraction of sp³-hybridized carbons (Fsp3) is 0.423. The number of hydrogen-bond donors (Lipinski definition) is 1. The van der Waals surface area contributed by atoms with Crippen LogP contribution < -0.4 is 5.32 Å². The lowest BCUT2D eigenvalue weighted by atomic mass is 9.88. The summed E-state index contributed by atoms with van der Waals surface area (Å²) in [7, 11) is 0. The predicted octanol–water partition coefficient (Wildman–Crippen LogP) is 5.57. The topological polar surface area (TPSA) is 66.5 Å². The molecule has 0 radical (unpaired) electrons. The molecule has 1 saturated heterocycles. The van der Waals surface area contributed by atoms with Crippen molar-refractivity contribution in [1.29, 1.82) is 0 Å². The summed E-state index contributed by atoms with van der Waals surface area (Å²) in [6.45, 7) is 6.99. The minimum atomic E-state index is -0.659. The third-order valence-electron chi connectivity index (χ3n) is 6.00. The van der Waals surface area contributed by atoms with E-state index in [1.54, 1.807) is 17.0 Å². The van der Waals surface area contributed by atoms with E-state index in [2.05, 4.69) is 5.32 Å². The summed E-state index contributed by atoms with van der Waals surface area (Å²) in [4.78, 5) is 40.7. The van der Waals surface area contributed by atoms with Gasteiger partial charge in [-0.2, -0.15) is 0 Å². The van der Waals surface area contributed by atoms with Crippen molar-refractivity contribution in [1.82, 2.24) is 10.2 Å². The molecular formula is C26H30Cl2N2O3. The minimum absolute atomic E-state index is 0.0947. The van der Waals surface area contributed by atoms with E-state index < -0.39 is 11.9 Å². The second-order valence-electron chi connectivity index (χ2n) is 9.11. The van der Waals surface area contributed by atoms with Gasteiger partial charge in [0.2, 0.25) is 5.91 Å². The van der Waals surface area contributed by atoms with Crippen LogP contribution in [0.1, 0.15) is 59.4 Å². The molecule has 33 heavy (non-hydrogen) atoms. The molecular weight excluding hydrogens is 459 g/mol. The lowest BCUT2D eigenvalue weighted by molar-refractivity contribution is -0.134. The van der Waals surface area contributed by atoms with Gasteiger partial charge >= 0.3 is 0 Å². The molecule has 1 unspecified atom stereocenters. The van der Waals surface area contributed by atoms with Crippen molar-refractivity contribution in [3.05, 3.63) is 69.2 Å². The molecule has 2 aromatic rings. The normalized spacial score (nSPS) is 15.4. The number of carbonyl (C=O) groups is 3. The van der Waals surface area contributed by atoms with Crippen LogP contribution in [-0.2, 0) is 4.79 Å². The van der Waals surface area contributed by atoms with Crippen molar-refractivity contribution in [2.24, 2.45) is 11.8 Å². The number of ketones is 1. The summed E-state index contributed by atoms with van der Waals surface area (Å²) >= 11 is 12.1. The summed E-state index contributed by atoms with van der Waals surface area (Å²) < 4.78 is 0. The van der Waals surface area contributed by atoms with E-state index >= 15 is 0 Å². The number of halogens is 2. The fourth-order valence-electron chi connectivity index (χ4n) is 4.14. The van der Waals surface area contributed by atoms with Gasteiger partial charge in [-0.1, -0.05) is 66.9 Å². The summed E-state index contributed by atoms with van der Waals surface area (Å²) in [5, 5.41) is 3.54. The average molecular weight is 489 g/mol. The first-order valence-corrected chi connectivity index (χ1v) is 12.1. The third-order valence-corrected chi connectivity index (χ3v) is 6.55. The van der Waals surface area contributed by atoms with Crippen LogP contribution in [0.15, 0.2) is 42.5 Å². The van der Waals surface area contributed by atoms with E-state index in [-0.39, 0.29) is 34.1 Å². The average Bonchev–Trinajstić information content (AvgIpc) is 2.78. The molecule has 1 fully saturated rings. The van der Waals surface area contributed by atoms with Crippen molar-refractivity contribution in [2.45, 2.75) is 46.1 Å². The number of hydrogen-bond acceptors (Lipinski definition) is 3. The van der Waals surface area contributed by atoms with Crippen LogP contribution in [0.3, 0.4) is 0 Å². The molecule has 2 amide bonds. The standard InChI is InChI=1S/C26H30Cl2N2O3/c1-16(2)14-23(29-25(32)21-9-8-20(27)15-22(21)28)26(33)30-12-10-19(11-13-30)24(31)18-6-4-17(3)5-7-18/h4-9,15-16,19,23H,10-14H2,1-3H3,(H,29,32). The third kappa shape index (κ3) is 6.58. The fourth-order valence-corrected chi connectivity index (χ4v) is 4.63. The lowest BCUT2D eigenvalue weighted by Gasteiger charge is -2.34. The molecule has 0 bridgehead atoms. The number of piperidine rings is 1. The lowest BCUT2D eigenvalue weighted by Crippen LogP contribution is -2.51. The van der Waals surface area contributed by atoms with Gasteiger partial charge in [-0.25, -0.2) is 0 Å². The number of nitrogens with one attached hydrogen (secondary N) is 1. The number of rotatable bonds is 7. The van der Waals surface area contributed by atoms with Crippen LogP contribution in [0.2, 0.25) is 10.0 Å². The van der Waals surface area contributed by atoms with Gasteiger partial charge in [0.25, 0.3) is 5.91 Å². The number of aryl methyl sites for hydroxylation is 1. The number of nitrogens with zero attached hydrogens (tertiary/aromatic N) is 1. The van der Waals surface area contributed by atoms with Crippen molar-refractivity contribution < 1.29 is 14.4 Å². The van der Waals surface area contributed by atoms with Crippen LogP contribution in [0.4, 0.5) is 0 Å². The maximum absolute atomic E-state index is 13.3. The van der Waals surface area contributed by atoms with Crippen LogP contribution in [0.5, 0.6) is 0 Å². The number of likely N-dealkylation sites (tertiary alicyclic amines) is 1. The Balaban J connectivity index is 1.64. The number of Topliss-reactive ketones (excluding diaryl/α,β-unsaturated/α-hetero) is 1. The van der Waals surface area contributed by atoms with Gasteiger partial charge < -0.3 is 10.2 Å². The maximum Gasteiger partial charge on any atom is 0.253 e. The Morgan fingerprint density at radius 1 is 1.03 bits per heavy atom. The van der Waals surface area contributed by atoms with Gasteiger partial charge in [-0.05, 0) is 50.3 Å². The Hall–Kier alpha value is -2.37. The summed E-state index contributed by atoms with van der Waals surface area (Å²) in [5.41, 5.74) is 2.12. The highest BCUT2D eigenvalue weighted by molar-refractivity contribution is 6.36. The zero-order valence-corrected chi connectivity index (χ0v) is 20.7. The highest BCUT2D eigenvalue weighted by atomic mass is 35.5. The molecule has 1 heterocycles. The van der Waals surface area contributed by atoms with E-state index in [4.69, 9.17) is 23.2 Å². The SMILES string of the molecule is Cc1ccc(C(=O)C2CCN(C(=O)C(CC(C)C)NC(=O)c3ccc(Cl)cc3Cl)CC2)cc1. The Morgan fingerprint density at radius 3 is 2.24 bits per heavy atom. The molecule has 0 aromatic heterocycles. The maximum atomic E-state index is 13.3. The second kappa shape index (κ2) is 11.2. The Labute approximate surface area is 205 Å². The first kappa shape index (κ1) is 25.3.